The summed E-state index contributed by atoms with van der Waals surface area (Å²) in [4.78, 5) is 0. The van der Waals surface area contributed by atoms with Crippen LogP contribution in [0.1, 0.15) is 24.5 Å². The van der Waals surface area contributed by atoms with Crippen molar-refractivity contribution in [3.05, 3.63) is 46.9 Å². The lowest BCUT2D eigenvalue weighted by Gasteiger charge is -2.15. The molecular weight excluding hydrogens is 236 g/mol. The Morgan fingerprint density at radius 3 is 2.71 bits per heavy atom. The third kappa shape index (κ3) is 2.74. The Balaban J connectivity index is 2.18. The molecule has 0 aliphatic carbocycles. The van der Waals surface area contributed by atoms with Crippen molar-refractivity contribution in [1.29, 1.82) is 0 Å². The number of hydrogen-bond donors (Lipinski definition) is 2. The van der Waals surface area contributed by atoms with Crippen molar-refractivity contribution in [3.63, 3.8) is 0 Å². The van der Waals surface area contributed by atoms with E-state index in [0.29, 0.717) is 10.7 Å². The van der Waals surface area contributed by atoms with Gasteiger partial charge in [0.1, 0.15) is 11.5 Å². The minimum atomic E-state index is 0.0458. The average molecular weight is 251 g/mol. The highest BCUT2D eigenvalue weighted by molar-refractivity contribution is 6.31. The fourth-order valence-corrected chi connectivity index (χ4v) is 1.82. The highest BCUT2D eigenvalue weighted by atomic mass is 35.5. The highest BCUT2D eigenvalue weighted by Gasteiger charge is 2.10. The monoisotopic (exact) mass is 250 g/mol. The molecule has 0 amide bonds. The third-order valence-corrected chi connectivity index (χ3v) is 2.81. The SMILES string of the molecule is Cc1ccc(C(C)Nc2cc(Cl)ccc2N)o1. The largest absolute Gasteiger partial charge is 0.464 e. The molecule has 0 fully saturated rings. The first-order chi connectivity index (χ1) is 8.06. The molecule has 0 saturated carbocycles. The van der Waals surface area contributed by atoms with Gasteiger partial charge < -0.3 is 15.5 Å². The van der Waals surface area contributed by atoms with Crippen LogP contribution in [-0.4, -0.2) is 0 Å². The first-order valence-corrected chi connectivity index (χ1v) is 5.82. The molecule has 2 aromatic rings. The normalized spacial score (nSPS) is 12.4. The number of rotatable bonds is 3. The van der Waals surface area contributed by atoms with Crippen molar-refractivity contribution >= 4 is 23.0 Å². The summed E-state index contributed by atoms with van der Waals surface area (Å²) in [6.07, 6.45) is 0. The maximum atomic E-state index is 5.93. The Labute approximate surface area is 106 Å². The number of hydrogen-bond acceptors (Lipinski definition) is 3. The van der Waals surface area contributed by atoms with Crippen LogP contribution >= 0.6 is 11.6 Å². The van der Waals surface area contributed by atoms with Crippen molar-refractivity contribution in [1.82, 2.24) is 0 Å². The van der Waals surface area contributed by atoms with Gasteiger partial charge in [0, 0.05) is 5.02 Å². The van der Waals surface area contributed by atoms with Crippen LogP contribution in [0.3, 0.4) is 0 Å². The summed E-state index contributed by atoms with van der Waals surface area (Å²) in [5, 5.41) is 3.93. The molecule has 1 aromatic heterocycles. The Bertz CT molecular complexity index is 522. The Morgan fingerprint density at radius 1 is 1.29 bits per heavy atom. The zero-order chi connectivity index (χ0) is 12.4. The Kier molecular flexibility index (Phi) is 3.29. The van der Waals surface area contributed by atoms with Crippen LogP contribution in [0.4, 0.5) is 11.4 Å². The van der Waals surface area contributed by atoms with Crippen LogP contribution in [0.5, 0.6) is 0 Å². The van der Waals surface area contributed by atoms with Gasteiger partial charge in [-0.3, -0.25) is 0 Å². The number of nitrogen functional groups attached to an aromatic ring is 1. The molecule has 0 spiro atoms. The fraction of sp³-hybridized carbons (Fsp3) is 0.231. The Morgan fingerprint density at radius 2 is 2.06 bits per heavy atom. The lowest BCUT2D eigenvalue weighted by Crippen LogP contribution is -2.07. The zero-order valence-electron chi connectivity index (χ0n) is 9.83. The molecule has 0 aliphatic rings. The van der Waals surface area contributed by atoms with Crippen molar-refractivity contribution in [3.8, 4) is 0 Å². The number of nitrogens with one attached hydrogen (secondary N) is 1. The molecule has 1 aromatic carbocycles. The van der Waals surface area contributed by atoms with Gasteiger partial charge in [-0.25, -0.2) is 0 Å². The van der Waals surface area contributed by atoms with Crippen LogP contribution < -0.4 is 11.1 Å². The van der Waals surface area contributed by atoms with Gasteiger partial charge in [0.15, 0.2) is 0 Å². The fourth-order valence-electron chi connectivity index (χ4n) is 1.64. The summed E-state index contributed by atoms with van der Waals surface area (Å²) in [7, 11) is 0. The standard InChI is InChI=1S/C13H15ClN2O/c1-8-3-6-13(17-8)9(2)16-12-7-10(14)4-5-11(12)15/h3-7,9,16H,15H2,1-2H3. The van der Waals surface area contributed by atoms with Gasteiger partial charge in [0.2, 0.25) is 0 Å². The van der Waals surface area contributed by atoms with Gasteiger partial charge >= 0.3 is 0 Å². The van der Waals surface area contributed by atoms with E-state index in [0.717, 1.165) is 17.2 Å². The van der Waals surface area contributed by atoms with E-state index in [1.165, 1.54) is 0 Å². The van der Waals surface area contributed by atoms with Gasteiger partial charge in [-0.15, -0.1) is 0 Å². The molecule has 2 rings (SSSR count). The maximum absolute atomic E-state index is 5.93. The highest BCUT2D eigenvalue weighted by Crippen LogP contribution is 2.27. The number of benzene rings is 1. The molecule has 90 valence electrons. The second-order valence-electron chi connectivity index (χ2n) is 4.05. The van der Waals surface area contributed by atoms with E-state index in [-0.39, 0.29) is 6.04 Å². The van der Waals surface area contributed by atoms with Gasteiger partial charge in [-0.05, 0) is 44.2 Å². The van der Waals surface area contributed by atoms with E-state index in [1.54, 1.807) is 12.1 Å². The minimum Gasteiger partial charge on any atom is -0.464 e. The van der Waals surface area contributed by atoms with Crippen molar-refractivity contribution < 1.29 is 4.42 Å². The second kappa shape index (κ2) is 4.72. The van der Waals surface area contributed by atoms with Crippen LogP contribution in [0, 0.1) is 6.92 Å². The quantitative estimate of drug-likeness (QED) is 0.810. The van der Waals surface area contributed by atoms with E-state index in [2.05, 4.69) is 5.32 Å². The van der Waals surface area contributed by atoms with E-state index in [9.17, 15) is 0 Å². The Hall–Kier alpha value is -1.61. The second-order valence-corrected chi connectivity index (χ2v) is 4.48. The number of halogens is 1. The number of anilines is 2. The smallest absolute Gasteiger partial charge is 0.126 e. The van der Waals surface area contributed by atoms with Crippen molar-refractivity contribution in [2.45, 2.75) is 19.9 Å². The van der Waals surface area contributed by atoms with Crippen molar-refractivity contribution in [2.24, 2.45) is 0 Å². The van der Waals surface area contributed by atoms with Gasteiger partial charge in [0.05, 0.1) is 17.4 Å². The molecule has 0 radical (unpaired) electrons. The molecule has 0 aliphatic heterocycles. The van der Waals surface area contributed by atoms with Crippen LogP contribution in [-0.2, 0) is 0 Å². The summed E-state index contributed by atoms with van der Waals surface area (Å²) in [6, 6.07) is 9.30. The molecule has 17 heavy (non-hydrogen) atoms. The van der Waals surface area contributed by atoms with Gasteiger partial charge in [-0.1, -0.05) is 11.6 Å². The maximum Gasteiger partial charge on any atom is 0.126 e. The molecule has 1 heterocycles. The van der Waals surface area contributed by atoms with Crippen LogP contribution in [0.25, 0.3) is 0 Å². The molecule has 0 bridgehead atoms. The van der Waals surface area contributed by atoms with E-state index in [1.807, 2.05) is 32.0 Å². The van der Waals surface area contributed by atoms with E-state index >= 15 is 0 Å². The predicted molar refractivity (Wildman–Crippen MR) is 71.3 cm³/mol. The number of furan rings is 1. The lowest BCUT2D eigenvalue weighted by molar-refractivity contribution is 0.467. The summed E-state index contributed by atoms with van der Waals surface area (Å²) < 4.78 is 5.55. The van der Waals surface area contributed by atoms with E-state index in [4.69, 9.17) is 21.8 Å². The molecule has 1 atom stereocenters. The topological polar surface area (TPSA) is 51.2 Å². The molecule has 3 nitrogen and oxygen atoms in total. The number of nitrogens with two attached hydrogens (primary N) is 1. The van der Waals surface area contributed by atoms with Crippen LogP contribution in [0.15, 0.2) is 34.7 Å². The minimum absolute atomic E-state index is 0.0458. The number of aryl methyl sites for hydroxylation is 1. The molecule has 0 saturated heterocycles. The summed E-state index contributed by atoms with van der Waals surface area (Å²) >= 11 is 5.93. The molecular formula is C13H15ClN2O. The first-order valence-electron chi connectivity index (χ1n) is 5.44. The predicted octanol–water partition coefficient (Wildman–Crippen LogP) is 4.00. The zero-order valence-corrected chi connectivity index (χ0v) is 10.6. The van der Waals surface area contributed by atoms with Gasteiger partial charge in [0.25, 0.3) is 0 Å². The summed E-state index contributed by atoms with van der Waals surface area (Å²) in [5.74, 6) is 1.77. The molecule has 3 N–H and O–H groups in total. The van der Waals surface area contributed by atoms with Gasteiger partial charge in [-0.2, -0.15) is 0 Å². The molecule has 4 heteroatoms. The lowest BCUT2D eigenvalue weighted by atomic mass is 10.2. The average Bonchev–Trinajstić information content (AvgIpc) is 2.70. The molecule has 1 unspecified atom stereocenters. The summed E-state index contributed by atoms with van der Waals surface area (Å²) in [6.45, 7) is 3.93. The van der Waals surface area contributed by atoms with E-state index < -0.39 is 0 Å². The third-order valence-electron chi connectivity index (χ3n) is 2.58. The van der Waals surface area contributed by atoms with Crippen LogP contribution in [0.2, 0.25) is 5.02 Å². The first kappa shape index (κ1) is 11.9. The van der Waals surface area contributed by atoms with Crippen molar-refractivity contribution in [2.75, 3.05) is 11.1 Å². The summed E-state index contributed by atoms with van der Waals surface area (Å²) in [5.41, 5.74) is 7.36.